The number of carbonyl (C=O) groups excluding carboxylic acids is 1. The van der Waals surface area contributed by atoms with Gasteiger partial charge in [-0.2, -0.15) is 0 Å². The molecule has 0 aromatic heterocycles. The van der Waals surface area contributed by atoms with Crippen molar-refractivity contribution >= 4 is 17.9 Å². The monoisotopic (exact) mass is 293 g/mol. The van der Waals surface area contributed by atoms with Crippen molar-refractivity contribution in [3.05, 3.63) is 70.9 Å². The summed E-state index contributed by atoms with van der Waals surface area (Å²) in [6.45, 7) is 1.95. The number of aliphatic imine (C=N–C) groups is 1. The van der Waals surface area contributed by atoms with Crippen molar-refractivity contribution in [1.82, 2.24) is 0 Å². The lowest BCUT2D eigenvalue weighted by atomic mass is 10.1. The second-order valence-corrected chi connectivity index (χ2v) is 4.93. The summed E-state index contributed by atoms with van der Waals surface area (Å²) in [6.07, 6.45) is 1.69. The van der Waals surface area contributed by atoms with Gasteiger partial charge in [-0.25, -0.2) is 9.79 Å². The number of rotatable bonds is 3. The Labute approximate surface area is 128 Å². The number of ether oxygens (including phenoxy) is 2. The first-order chi connectivity index (χ1) is 10.7. The van der Waals surface area contributed by atoms with Crippen LogP contribution < -0.4 is 4.74 Å². The molecule has 0 aliphatic carbocycles. The molecule has 2 aromatic rings. The molecular formula is C18H15NO3. The Balaban J connectivity index is 1.96. The number of hydrogen-bond donors (Lipinski definition) is 0. The van der Waals surface area contributed by atoms with Crippen molar-refractivity contribution in [2.75, 3.05) is 7.11 Å². The molecule has 0 fully saturated rings. The van der Waals surface area contributed by atoms with Gasteiger partial charge < -0.3 is 9.47 Å². The van der Waals surface area contributed by atoms with E-state index in [9.17, 15) is 4.79 Å². The van der Waals surface area contributed by atoms with Crippen LogP contribution in [0.4, 0.5) is 0 Å². The van der Waals surface area contributed by atoms with Crippen LogP contribution in [-0.4, -0.2) is 19.0 Å². The maximum atomic E-state index is 12.0. The maximum absolute atomic E-state index is 12.0. The van der Waals surface area contributed by atoms with E-state index < -0.39 is 5.97 Å². The molecule has 1 aliphatic rings. The number of hydrogen-bond acceptors (Lipinski definition) is 4. The van der Waals surface area contributed by atoms with Crippen LogP contribution in [-0.2, 0) is 9.53 Å². The average Bonchev–Trinajstić information content (AvgIpc) is 2.89. The molecule has 22 heavy (non-hydrogen) atoms. The van der Waals surface area contributed by atoms with Gasteiger partial charge in [0.1, 0.15) is 5.75 Å². The highest BCUT2D eigenvalue weighted by molar-refractivity contribution is 6.13. The largest absolute Gasteiger partial charge is 0.497 e. The van der Waals surface area contributed by atoms with Gasteiger partial charge in [0.05, 0.1) is 7.11 Å². The molecule has 3 rings (SSSR count). The van der Waals surface area contributed by atoms with Crippen LogP contribution in [0, 0.1) is 6.92 Å². The molecule has 0 unspecified atom stereocenters. The van der Waals surface area contributed by atoms with Gasteiger partial charge in [0.15, 0.2) is 5.70 Å². The Morgan fingerprint density at radius 2 is 1.95 bits per heavy atom. The summed E-state index contributed by atoms with van der Waals surface area (Å²) < 4.78 is 10.5. The molecule has 1 aliphatic heterocycles. The third-order valence-corrected chi connectivity index (χ3v) is 3.39. The van der Waals surface area contributed by atoms with E-state index in [0.29, 0.717) is 5.90 Å². The molecule has 2 aromatic carbocycles. The molecule has 0 spiro atoms. The smallest absolute Gasteiger partial charge is 0.363 e. The SMILES string of the molecule is COc1cccc(C=C2N=C(c3ccccc3C)OC2=O)c1. The lowest BCUT2D eigenvalue weighted by Gasteiger charge is -2.02. The molecule has 0 atom stereocenters. The Morgan fingerprint density at radius 3 is 2.73 bits per heavy atom. The highest BCUT2D eigenvalue weighted by Gasteiger charge is 2.24. The van der Waals surface area contributed by atoms with Crippen LogP contribution in [0.1, 0.15) is 16.7 Å². The molecular weight excluding hydrogens is 278 g/mol. The van der Waals surface area contributed by atoms with Gasteiger partial charge >= 0.3 is 5.97 Å². The van der Waals surface area contributed by atoms with Crippen molar-refractivity contribution in [3.63, 3.8) is 0 Å². The summed E-state index contributed by atoms with van der Waals surface area (Å²) in [7, 11) is 1.60. The minimum absolute atomic E-state index is 0.284. The number of methoxy groups -OCH3 is 1. The first-order valence-corrected chi connectivity index (χ1v) is 6.90. The van der Waals surface area contributed by atoms with Crippen molar-refractivity contribution < 1.29 is 14.3 Å². The van der Waals surface area contributed by atoms with Crippen LogP contribution in [0.2, 0.25) is 0 Å². The molecule has 0 amide bonds. The standard InChI is InChI=1S/C18H15NO3/c1-12-6-3-4-9-15(12)17-19-16(18(20)22-17)11-13-7-5-8-14(10-13)21-2/h3-11H,1-2H3. The predicted octanol–water partition coefficient (Wildman–Crippen LogP) is 3.35. The topological polar surface area (TPSA) is 47.9 Å². The molecule has 4 nitrogen and oxygen atoms in total. The summed E-state index contributed by atoms with van der Waals surface area (Å²) in [4.78, 5) is 16.3. The zero-order valence-corrected chi connectivity index (χ0v) is 12.4. The van der Waals surface area contributed by atoms with Crippen molar-refractivity contribution in [3.8, 4) is 5.75 Å². The highest BCUT2D eigenvalue weighted by atomic mass is 16.6. The van der Waals surface area contributed by atoms with Crippen LogP contribution in [0.5, 0.6) is 5.75 Å². The Hall–Kier alpha value is -2.88. The Bertz CT molecular complexity index is 790. The van der Waals surface area contributed by atoms with E-state index in [1.165, 1.54) is 0 Å². The average molecular weight is 293 g/mol. The van der Waals surface area contributed by atoms with E-state index in [1.807, 2.05) is 55.5 Å². The molecule has 0 radical (unpaired) electrons. The fourth-order valence-electron chi connectivity index (χ4n) is 2.23. The van der Waals surface area contributed by atoms with E-state index in [2.05, 4.69) is 4.99 Å². The van der Waals surface area contributed by atoms with Crippen molar-refractivity contribution in [1.29, 1.82) is 0 Å². The lowest BCUT2D eigenvalue weighted by Crippen LogP contribution is -2.06. The van der Waals surface area contributed by atoms with Gasteiger partial charge in [-0.15, -0.1) is 0 Å². The van der Waals surface area contributed by atoms with Crippen LogP contribution in [0.25, 0.3) is 6.08 Å². The predicted molar refractivity (Wildman–Crippen MR) is 84.8 cm³/mol. The molecule has 4 heteroatoms. The van der Waals surface area contributed by atoms with Crippen LogP contribution in [0.3, 0.4) is 0 Å². The highest BCUT2D eigenvalue weighted by Crippen LogP contribution is 2.22. The van der Waals surface area contributed by atoms with Gasteiger partial charge in [-0.1, -0.05) is 30.3 Å². The fourth-order valence-corrected chi connectivity index (χ4v) is 2.23. The summed E-state index contributed by atoms with van der Waals surface area (Å²) in [5, 5.41) is 0. The zero-order chi connectivity index (χ0) is 15.5. The number of nitrogens with zero attached hydrogens (tertiary/aromatic N) is 1. The first-order valence-electron chi connectivity index (χ1n) is 6.90. The van der Waals surface area contributed by atoms with E-state index in [0.717, 1.165) is 22.4 Å². The Morgan fingerprint density at radius 1 is 1.14 bits per heavy atom. The number of benzene rings is 2. The minimum Gasteiger partial charge on any atom is -0.497 e. The Kier molecular flexibility index (Phi) is 3.74. The number of aryl methyl sites for hydroxylation is 1. The van der Waals surface area contributed by atoms with Gasteiger partial charge in [-0.3, -0.25) is 0 Å². The van der Waals surface area contributed by atoms with Crippen LogP contribution >= 0.6 is 0 Å². The number of carbonyl (C=O) groups is 1. The lowest BCUT2D eigenvalue weighted by molar-refractivity contribution is -0.129. The third-order valence-electron chi connectivity index (χ3n) is 3.39. The first kappa shape index (κ1) is 14.1. The van der Waals surface area contributed by atoms with Gasteiger partial charge in [0.2, 0.25) is 5.90 Å². The molecule has 0 bridgehead atoms. The van der Waals surface area contributed by atoms with E-state index in [1.54, 1.807) is 13.2 Å². The van der Waals surface area contributed by atoms with E-state index >= 15 is 0 Å². The normalized spacial score (nSPS) is 15.6. The molecule has 0 saturated heterocycles. The molecule has 110 valence electrons. The molecule has 1 heterocycles. The minimum atomic E-state index is -0.443. The quantitative estimate of drug-likeness (QED) is 0.644. The van der Waals surface area contributed by atoms with Gasteiger partial charge in [0.25, 0.3) is 0 Å². The fraction of sp³-hybridized carbons (Fsp3) is 0.111. The van der Waals surface area contributed by atoms with E-state index in [4.69, 9.17) is 9.47 Å². The maximum Gasteiger partial charge on any atom is 0.363 e. The van der Waals surface area contributed by atoms with Gasteiger partial charge in [-0.05, 0) is 42.3 Å². The van der Waals surface area contributed by atoms with Crippen molar-refractivity contribution in [2.24, 2.45) is 4.99 Å². The summed E-state index contributed by atoms with van der Waals surface area (Å²) >= 11 is 0. The van der Waals surface area contributed by atoms with Gasteiger partial charge in [0, 0.05) is 5.56 Å². The zero-order valence-electron chi connectivity index (χ0n) is 12.4. The van der Waals surface area contributed by atoms with Crippen LogP contribution in [0.15, 0.2) is 59.2 Å². The second kappa shape index (κ2) is 5.85. The molecule has 0 N–H and O–H groups in total. The summed E-state index contributed by atoms with van der Waals surface area (Å²) in [6, 6.07) is 15.1. The number of cyclic esters (lactones) is 1. The molecule has 0 saturated carbocycles. The summed E-state index contributed by atoms with van der Waals surface area (Å²) in [5.74, 6) is 0.627. The number of esters is 1. The third kappa shape index (κ3) is 2.76. The van der Waals surface area contributed by atoms with Crippen molar-refractivity contribution in [2.45, 2.75) is 6.92 Å². The second-order valence-electron chi connectivity index (χ2n) is 4.93. The summed E-state index contributed by atoms with van der Waals surface area (Å²) in [5.41, 5.74) is 2.95. The van der Waals surface area contributed by atoms with E-state index in [-0.39, 0.29) is 5.70 Å².